The van der Waals surface area contributed by atoms with E-state index in [1.165, 1.54) is 30.5 Å². The van der Waals surface area contributed by atoms with Gasteiger partial charge in [0.15, 0.2) is 0 Å². The summed E-state index contributed by atoms with van der Waals surface area (Å²) in [6, 6.07) is 0.493. The summed E-state index contributed by atoms with van der Waals surface area (Å²) in [6.45, 7) is 0.999. The first-order chi connectivity index (χ1) is 10.3. The van der Waals surface area contributed by atoms with Crippen LogP contribution in [0.2, 0.25) is 0 Å². The maximum absolute atomic E-state index is 5.54. The van der Waals surface area contributed by atoms with Crippen LogP contribution in [-0.2, 0) is 30.7 Å². The lowest BCUT2D eigenvalue weighted by Crippen LogP contribution is -2.18. The molecule has 1 aliphatic rings. The molecule has 2 aromatic heterocycles. The van der Waals surface area contributed by atoms with Crippen molar-refractivity contribution in [1.29, 1.82) is 0 Å². The van der Waals surface area contributed by atoms with Gasteiger partial charge in [-0.1, -0.05) is 11.5 Å². The highest BCUT2D eigenvalue weighted by molar-refractivity contribution is 5.31. The van der Waals surface area contributed by atoms with Gasteiger partial charge in [-0.05, 0) is 31.2 Å². The molecule has 0 atom stereocenters. The second-order valence-electron chi connectivity index (χ2n) is 5.46. The van der Waals surface area contributed by atoms with E-state index in [9.17, 15) is 0 Å². The molecule has 114 valence electrons. The summed E-state index contributed by atoms with van der Waals surface area (Å²) in [4.78, 5) is 1.92. The number of fused-ring (bicyclic) bond motifs is 1. The van der Waals surface area contributed by atoms with Crippen LogP contribution in [-0.4, -0.2) is 34.6 Å². The van der Waals surface area contributed by atoms with Crippen molar-refractivity contribution >= 4 is 6.01 Å². The van der Waals surface area contributed by atoms with E-state index in [1.807, 2.05) is 11.9 Å². The number of anilines is 1. The van der Waals surface area contributed by atoms with Gasteiger partial charge in [0, 0.05) is 19.9 Å². The minimum absolute atomic E-state index is 0.332. The SMILES string of the molecule is COCc1nnc(N(C)Cc2n[nH]c3c2CCCCC3)o1. The lowest BCUT2D eigenvalue weighted by Gasteiger charge is -2.13. The Hall–Kier alpha value is -1.89. The molecule has 2 aromatic rings. The summed E-state index contributed by atoms with van der Waals surface area (Å²) in [5.74, 6) is 0.486. The van der Waals surface area contributed by atoms with Crippen LogP contribution in [0, 0.1) is 0 Å². The Morgan fingerprint density at radius 3 is 2.95 bits per heavy atom. The Bertz CT molecular complexity index is 592. The number of nitrogens with one attached hydrogen (secondary N) is 1. The highest BCUT2D eigenvalue weighted by Crippen LogP contribution is 2.23. The zero-order valence-corrected chi connectivity index (χ0v) is 12.6. The Morgan fingerprint density at radius 1 is 1.24 bits per heavy atom. The maximum Gasteiger partial charge on any atom is 0.318 e. The molecular weight excluding hydrogens is 270 g/mol. The smallest absolute Gasteiger partial charge is 0.318 e. The first-order valence-electron chi connectivity index (χ1n) is 7.35. The number of nitrogens with zero attached hydrogens (tertiary/aromatic N) is 4. The number of rotatable bonds is 5. The van der Waals surface area contributed by atoms with Gasteiger partial charge in [-0.3, -0.25) is 5.10 Å². The van der Waals surface area contributed by atoms with E-state index in [2.05, 4.69) is 20.4 Å². The van der Waals surface area contributed by atoms with Gasteiger partial charge in [0.2, 0.25) is 5.89 Å². The Balaban J connectivity index is 1.72. The molecule has 1 N–H and O–H groups in total. The van der Waals surface area contributed by atoms with E-state index >= 15 is 0 Å². The summed E-state index contributed by atoms with van der Waals surface area (Å²) in [6.07, 6.45) is 5.98. The molecule has 0 aromatic carbocycles. The second kappa shape index (κ2) is 6.26. The number of hydrogen-bond acceptors (Lipinski definition) is 6. The highest BCUT2D eigenvalue weighted by atomic mass is 16.5. The molecular formula is C14H21N5O2. The summed E-state index contributed by atoms with van der Waals surface area (Å²) < 4.78 is 10.5. The maximum atomic E-state index is 5.54. The van der Waals surface area contributed by atoms with E-state index in [1.54, 1.807) is 7.11 Å². The third kappa shape index (κ3) is 3.07. The Kier molecular flexibility index (Phi) is 4.19. The number of ether oxygens (including phenoxy) is 1. The summed E-state index contributed by atoms with van der Waals surface area (Å²) in [5.41, 5.74) is 3.75. The van der Waals surface area contributed by atoms with Crippen LogP contribution in [0.4, 0.5) is 6.01 Å². The van der Waals surface area contributed by atoms with E-state index in [0.717, 1.165) is 18.5 Å². The standard InChI is InChI=1S/C14H21N5O2/c1-19(14-18-17-13(21-14)9-20-2)8-12-10-6-4-3-5-7-11(10)15-16-12/h3-9H2,1-2H3,(H,15,16). The van der Waals surface area contributed by atoms with Crippen LogP contribution in [0.5, 0.6) is 0 Å². The predicted octanol–water partition coefficient (Wildman–Crippen LogP) is 1.84. The monoisotopic (exact) mass is 291 g/mol. The van der Waals surface area contributed by atoms with Gasteiger partial charge in [-0.2, -0.15) is 5.10 Å². The van der Waals surface area contributed by atoms with Crippen molar-refractivity contribution in [3.63, 3.8) is 0 Å². The number of aryl methyl sites for hydroxylation is 1. The van der Waals surface area contributed by atoms with E-state index in [4.69, 9.17) is 9.15 Å². The van der Waals surface area contributed by atoms with Gasteiger partial charge in [-0.15, -0.1) is 5.10 Å². The highest BCUT2D eigenvalue weighted by Gasteiger charge is 2.18. The summed E-state index contributed by atoms with van der Waals surface area (Å²) in [5, 5.41) is 15.6. The van der Waals surface area contributed by atoms with Gasteiger partial charge in [0.1, 0.15) is 6.61 Å². The fourth-order valence-corrected chi connectivity index (χ4v) is 2.73. The minimum Gasteiger partial charge on any atom is -0.405 e. The van der Waals surface area contributed by atoms with E-state index in [-0.39, 0.29) is 0 Å². The van der Waals surface area contributed by atoms with E-state index in [0.29, 0.717) is 25.1 Å². The largest absolute Gasteiger partial charge is 0.405 e. The van der Waals surface area contributed by atoms with Crippen LogP contribution in [0.1, 0.15) is 42.1 Å². The van der Waals surface area contributed by atoms with Crippen molar-refractivity contribution < 1.29 is 9.15 Å². The van der Waals surface area contributed by atoms with Crippen molar-refractivity contribution in [3.8, 4) is 0 Å². The number of aromatic amines is 1. The molecule has 2 heterocycles. The zero-order chi connectivity index (χ0) is 14.7. The number of aromatic nitrogens is 4. The molecule has 0 spiro atoms. The molecule has 0 amide bonds. The molecule has 7 nitrogen and oxygen atoms in total. The van der Waals surface area contributed by atoms with Crippen LogP contribution in [0.15, 0.2) is 4.42 Å². The topological polar surface area (TPSA) is 80.1 Å². The van der Waals surface area contributed by atoms with E-state index < -0.39 is 0 Å². The Morgan fingerprint density at radius 2 is 2.10 bits per heavy atom. The van der Waals surface area contributed by atoms with Crippen molar-refractivity contribution in [2.75, 3.05) is 19.1 Å². The molecule has 0 bridgehead atoms. The van der Waals surface area contributed by atoms with Crippen LogP contribution in [0.25, 0.3) is 0 Å². The van der Waals surface area contributed by atoms with Gasteiger partial charge in [-0.25, -0.2) is 0 Å². The fraction of sp³-hybridized carbons (Fsp3) is 0.643. The van der Waals surface area contributed by atoms with Crippen LogP contribution < -0.4 is 4.90 Å². The number of hydrogen-bond donors (Lipinski definition) is 1. The predicted molar refractivity (Wildman–Crippen MR) is 77.0 cm³/mol. The van der Waals surface area contributed by atoms with Crippen molar-refractivity contribution in [2.45, 2.75) is 45.3 Å². The first kappa shape index (κ1) is 14.1. The molecule has 0 saturated heterocycles. The van der Waals surface area contributed by atoms with Crippen LogP contribution >= 0.6 is 0 Å². The minimum atomic E-state index is 0.332. The van der Waals surface area contributed by atoms with Gasteiger partial charge < -0.3 is 14.1 Å². The lowest BCUT2D eigenvalue weighted by atomic mass is 10.1. The molecule has 0 fully saturated rings. The average molecular weight is 291 g/mol. The lowest BCUT2D eigenvalue weighted by molar-refractivity contribution is 0.160. The van der Waals surface area contributed by atoms with Crippen molar-refractivity contribution in [2.24, 2.45) is 0 Å². The number of H-pyrrole nitrogens is 1. The molecule has 0 unspecified atom stereocenters. The third-order valence-electron chi connectivity index (χ3n) is 3.83. The van der Waals surface area contributed by atoms with Gasteiger partial charge in [0.05, 0.1) is 12.2 Å². The molecule has 0 aliphatic heterocycles. The summed E-state index contributed by atoms with van der Waals surface area (Å²) >= 11 is 0. The third-order valence-corrected chi connectivity index (χ3v) is 3.83. The second-order valence-corrected chi connectivity index (χ2v) is 5.46. The fourth-order valence-electron chi connectivity index (χ4n) is 2.73. The molecule has 3 rings (SSSR count). The van der Waals surface area contributed by atoms with Crippen molar-refractivity contribution in [3.05, 3.63) is 22.8 Å². The zero-order valence-electron chi connectivity index (χ0n) is 12.6. The Labute approximate surface area is 123 Å². The van der Waals surface area contributed by atoms with Gasteiger partial charge >= 0.3 is 6.01 Å². The molecule has 21 heavy (non-hydrogen) atoms. The normalized spacial score (nSPS) is 14.8. The first-order valence-corrected chi connectivity index (χ1v) is 7.35. The molecule has 7 heteroatoms. The number of methoxy groups -OCH3 is 1. The quantitative estimate of drug-likeness (QED) is 0.847. The molecule has 1 aliphatic carbocycles. The average Bonchev–Trinajstić information content (AvgIpc) is 3.01. The molecule has 0 radical (unpaired) electrons. The van der Waals surface area contributed by atoms with Crippen LogP contribution in [0.3, 0.4) is 0 Å². The molecule has 0 saturated carbocycles. The van der Waals surface area contributed by atoms with Crippen molar-refractivity contribution in [1.82, 2.24) is 20.4 Å². The van der Waals surface area contributed by atoms with Gasteiger partial charge in [0.25, 0.3) is 0 Å². The summed E-state index contributed by atoms with van der Waals surface area (Å²) in [7, 11) is 3.54.